The fourth-order valence-electron chi connectivity index (χ4n) is 2.13. The van der Waals surface area contributed by atoms with E-state index >= 15 is 0 Å². The number of hydrogen-bond acceptors (Lipinski definition) is 4. The van der Waals surface area contributed by atoms with Crippen molar-refractivity contribution in [2.75, 3.05) is 44.6 Å². The second-order valence-electron chi connectivity index (χ2n) is 4.56. The molecule has 0 spiro atoms. The van der Waals surface area contributed by atoms with Crippen LogP contribution in [0.15, 0.2) is 24.3 Å². The Morgan fingerprint density at radius 2 is 1.94 bits per heavy atom. The van der Waals surface area contributed by atoms with Gasteiger partial charge in [-0.2, -0.15) is 5.26 Å². The van der Waals surface area contributed by atoms with Gasteiger partial charge in [-0.3, -0.25) is 0 Å². The van der Waals surface area contributed by atoms with Gasteiger partial charge in [0.2, 0.25) is 0 Å². The van der Waals surface area contributed by atoms with Crippen LogP contribution in [0.5, 0.6) is 0 Å². The van der Waals surface area contributed by atoms with Crippen LogP contribution in [-0.4, -0.2) is 44.2 Å². The Labute approximate surface area is 109 Å². The lowest BCUT2D eigenvalue weighted by Crippen LogP contribution is -2.44. The second kappa shape index (κ2) is 7.00. The van der Waals surface area contributed by atoms with E-state index < -0.39 is 0 Å². The van der Waals surface area contributed by atoms with Crippen molar-refractivity contribution in [3.05, 3.63) is 29.8 Å². The number of benzene rings is 1. The molecule has 0 bridgehead atoms. The fourth-order valence-corrected chi connectivity index (χ4v) is 2.13. The average Bonchev–Trinajstić information content (AvgIpc) is 2.45. The number of nitrogens with one attached hydrogen (secondary N) is 2. The molecule has 1 aromatic carbocycles. The molecule has 0 radical (unpaired) electrons. The van der Waals surface area contributed by atoms with Gasteiger partial charge in [0.05, 0.1) is 11.6 Å². The molecule has 96 valence electrons. The van der Waals surface area contributed by atoms with Crippen molar-refractivity contribution in [3.63, 3.8) is 0 Å². The van der Waals surface area contributed by atoms with Gasteiger partial charge in [-0.05, 0) is 37.2 Å². The highest BCUT2D eigenvalue weighted by Crippen LogP contribution is 2.08. The molecule has 1 fully saturated rings. The van der Waals surface area contributed by atoms with Gasteiger partial charge >= 0.3 is 0 Å². The Morgan fingerprint density at radius 3 is 2.61 bits per heavy atom. The van der Waals surface area contributed by atoms with Crippen LogP contribution in [0.3, 0.4) is 0 Å². The molecule has 0 unspecified atom stereocenters. The van der Waals surface area contributed by atoms with E-state index in [2.05, 4.69) is 21.6 Å². The number of hydrogen-bond donors (Lipinski definition) is 2. The molecule has 1 heterocycles. The lowest BCUT2D eigenvalue weighted by Gasteiger charge is -2.27. The van der Waals surface area contributed by atoms with Crippen molar-refractivity contribution in [3.8, 4) is 6.07 Å². The minimum absolute atomic E-state index is 0.710. The van der Waals surface area contributed by atoms with Gasteiger partial charge in [-0.25, -0.2) is 0 Å². The minimum atomic E-state index is 0.710. The number of nitrogens with zero attached hydrogens (tertiary/aromatic N) is 2. The van der Waals surface area contributed by atoms with Crippen molar-refractivity contribution in [1.29, 1.82) is 5.26 Å². The smallest absolute Gasteiger partial charge is 0.0991 e. The highest BCUT2D eigenvalue weighted by Gasteiger charge is 2.07. The quantitative estimate of drug-likeness (QED) is 0.766. The van der Waals surface area contributed by atoms with Gasteiger partial charge in [0.1, 0.15) is 0 Å². The summed E-state index contributed by atoms with van der Waals surface area (Å²) in [4.78, 5) is 2.50. The Hall–Kier alpha value is -1.57. The van der Waals surface area contributed by atoms with Crippen LogP contribution in [-0.2, 0) is 0 Å². The molecule has 4 nitrogen and oxygen atoms in total. The van der Waals surface area contributed by atoms with Crippen LogP contribution in [0.1, 0.15) is 12.0 Å². The standard InChI is InChI=1S/C14H20N4/c15-12-13-2-4-14(5-3-13)17-6-1-9-18-10-7-16-8-11-18/h2-5,16-17H,1,6-11H2. The summed E-state index contributed by atoms with van der Waals surface area (Å²) in [6.45, 7) is 6.70. The van der Waals surface area contributed by atoms with Crippen molar-refractivity contribution < 1.29 is 0 Å². The molecule has 0 amide bonds. The first-order chi connectivity index (χ1) is 8.88. The third-order valence-corrected chi connectivity index (χ3v) is 3.20. The molecule has 2 N–H and O–H groups in total. The van der Waals surface area contributed by atoms with Gasteiger partial charge in [0.25, 0.3) is 0 Å². The molecule has 4 heteroatoms. The zero-order chi connectivity index (χ0) is 12.6. The molecule has 1 aliphatic rings. The van der Waals surface area contributed by atoms with E-state index in [1.165, 1.54) is 0 Å². The van der Waals surface area contributed by atoms with E-state index in [9.17, 15) is 0 Å². The maximum absolute atomic E-state index is 8.71. The van der Waals surface area contributed by atoms with E-state index in [4.69, 9.17) is 5.26 Å². The van der Waals surface area contributed by atoms with Crippen LogP contribution in [0.25, 0.3) is 0 Å². The first-order valence-corrected chi connectivity index (χ1v) is 6.55. The first-order valence-electron chi connectivity index (χ1n) is 6.55. The molecular formula is C14H20N4. The number of anilines is 1. The van der Waals surface area contributed by atoms with Crippen molar-refractivity contribution in [1.82, 2.24) is 10.2 Å². The Bertz CT molecular complexity index is 387. The predicted molar refractivity (Wildman–Crippen MR) is 73.6 cm³/mol. The van der Waals surface area contributed by atoms with Crippen LogP contribution in [0.2, 0.25) is 0 Å². The summed E-state index contributed by atoms with van der Waals surface area (Å²) in [7, 11) is 0. The molecule has 0 atom stereocenters. The van der Waals surface area contributed by atoms with Gasteiger partial charge < -0.3 is 15.5 Å². The monoisotopic (exact) mass is 244 g/mol. The van der Waals surface area contributed by atoms with E-state index in [1.807, 2.05) is 24.3 Å². The number of rotatable bonds is 5. The molecule has 18 heavy (non-hydrogen) atoms. The van der Waals surface area contributed by atoms with Crippen molar-refractivity contribution >= 4 is 5.69 Å². The average molecular weight is 244 g/mol. The molecule has 0 aliphatic carbocycles. The molecule has 1 aliphatic heterocycles. The molecule has 2 rings (SSSR count). The summed E-state index contributed by atoms with van der Waals surface area (Å²) in [5.41, 5.74) is 1.80. The summed E-state index contributed by atoms with van der Waals surface area (Å²) in [6.07, 6.45) is 1.15. The molecule has 1 saturated heterocycles. The molecular weight excluding hydrogens is 224 g/mol. The second-order valence-corrected chi connectivity index (χ2v) is 4.56. The van der Waals surface area contributed by atoms with Crippen LogP contribution < -0.4 is 10.6 Å². The Kier molecular flexibility index (Phi) is 5.00. The fraction of sp³-hybridized carbons (Fsp3) is 0.500. The van der Waals surface area contributed by atoms with Crippen LogP contribution >= 0.6 is 0 Å². The van der Waals surface area contributed by atoms with Gasteiger partial charge in [-0.1, -0.05) is 0 Å². The van der Waals surface area contributed by atoms with E-state index in [-0.39, 0.29) is 0 Å². The van der Waals surface area contributed by atoms with E-state index in [0.29, 0.717) is 5.56 Å². The van der Waals surface area contributed by atoms with Crippen LogP contribution in [0, 0.1) is 11.3 Å². The summed E-state index contributed by atoms with van der Waals surface area (Å²) in [5.74, 6) is 0. The topological polar surface area (TPSA) is 51.1 Å². The Morgan fingerprint density at radius 1 is 1.22 bits per heavy atom. The lowest BCUT2D eigenvalue weighted by atomic mass is 10.2. The molecule has 0 aromatic heterocycles. The third kappa shape index (κ3) is 4.02. The number of piperazine rings is 1. The van der Waals surface area contributed by atoms with Gasteiger partial charge in [-0.15, -0.1) is 0 Å². The first kappa shape index (κ1) is 12.9. The van der Waals surface area contributed by atoms with Crippen molar-refractivity contribution in [2.45, 2.75) is 6.42 Å². The SMILES string of the molecule is N#Cc1ccc(NCCCN2CCNCC2)cc1. The van der Waals surface area contributed by atoms with Gasteiger partial charge in [0.15, 0.2) is 0 Å². The summed E-state index contributed by atoms with van der Waals surface area (Å²) in [5, 5.41) is 15.4. The van der Waals surface area contributed by atoms with Crippen molar-refractivity contribution in [2.24, 2.45) is 0 Å². The Balaban J connectivity index is 1.63. The van der Waals surface area contributed by atoms with E-state index in [0.717, 1.165) is 51.4 Å². The maximum Gasteiger partial charge on any atom is 0.0991 e. The molecule has 1 aromatic rings. The third-order valence-electron chi connectivity index (χ3n) is 3.20. The lowest BCUT2D eigenvalue weighted by molar-refractivity contribution is 0.240. The number of nitriles is 1. The predicted octanol–water partition coefficient (Wildman–Crippen LogP) is 1.27. The van der Waals surface area contributed by atoms with Gasteiger partial charge in [0, 0.05) is 38.4 Å². The summed E-state index contributed by atoms with van der Waals surface area (Å²) < 4.78 is 0. The largest absolute Gasteiger partial charge is 0.385 e. The highest BCUT2D eigenvalue weighted by atomic mass is 15.2. The summed E-state index contributed by atoms with van der Waals surface area (Å²) >= 11 is 0. The molecule has 0 saturated carbocycles. The normalized spacial score (nSPS) is 16.2. The van der Waals surface area contributed by atoms with Crippen LogP contribution in [0.4, 0.5) is 5.69 Å². The maximum atomic E-state index is 8.71. The summed E-state index contributed by atoms with van der Waals surface area (Å²) in [6, 6.07) is 9.74. The minimum Gasteiger partial charge on any atom is -0.385 e. The zero-order valence-electron chi connectivity index (χ0n) is 10.7. The van der Waals surface area contributed by atoms with E-state index in [1.54, 1.807) is 0 Å². The zero-order valence-corrected chi connectivity index (χ0v) is 10.7. The highest BCUT2D eigenvalue weighted by molar-refractivity contribution is 5.46.